The lowest BCUT2D eigenvalue weighted by Crippen LogP contribution is -2.55. The van der Waals surface area contributed by atoms with Crippen molar-refractivity contribution in [2.24, 2.45) is 0 Å². The first-order valence-electron chi connectivity index (χ1n) is 7.73. The predicted octanol–water partition coefficient (Wildman–Crippen LogP) is 4.39. The van der Waals surface area contributed by atoms with Crippen LogP contribution in [0.5, 0.6) is 0 Å². The Morgan fingerprint density at radius 1 is 1.29 bits per heavy atom. The summed E-state index contributed by atoms with van der Waals surface area (Å²) in [7, 11) is 0. The van der Waals surface area contributed by atoms with E-state index in [0.29, 0.717) is 35.0 Å². The Balaban J connectivity index is 2.33. The normalized spacial score (nSPS) is 21.0. The van der Waals surface area contributed by atoms with Crippen LogP contribution in [0.4, 0.5) is 4.79 Å². The van der Waals surface area contributed by atoms with Crippen molar-refractivity contribution in [2.75, 3.05) is 6.54 Å². The van der Waals surface area contributed by atoms with E-state index in [1.165, 1.54) is 4.90 Å². The Bertz CT molecular complexity index is 656. The average molecular weight is 374 g/mol. The van der Waals surface area contributed by atoms with Gasteiger partial charge in [-0.1, -0.05) is 29.3 Å². The number of halogens is 2. The van der Waals surface area contributed by atoms with Gasteiger partial charge in [0.2, 0.25) is 0 Å². The smallest absolute Gasteiger partial charge is 0.411 e. The van der Waals surface area contributed by atoms with E-state index in [1.54, 1.807) is 39.0 Å². The molecule has 0 aliphatic carbocycles. The Labute approximate surface area is 151 Å². The Hall–Kier alpha value is -1.46. The van der Waals surface area contributed by atoms with Gasteiger partial charge in [-0.05, 0) is 51.3 Å². The molecule has 0 spiro atoms. The van der Waals surface area contributed by atoms with E-state index in [9.17, 15) is 14.7 Å². The third-order valence-corrected chi connectivity index (χ3v) is 4.72. The molecule has 132 valence electrons. The average Bonchev–Trinajstić information content (AvgIpc) is 2.86. The monoisotopic (exact) mass is 373 g/mol. The summed E-state index contributed by atoms with van der Waals surface area (Å²) in [5, 5.41) is 10.6. The second kappa shape index (κ2) is 6.81. The molecule has 2 rings (SSSR count). The molecule has 0 bridgehead atoms. The summed E-state index contributed by atoms with van der Waals surface area (Å²) in [4.78, 5) is 25.9. The van der Waals surface area contributed by atoms with Crippen molar-refractivity contribution < 1.29 is 19.4 Å². The van der Waals surface area contributed by atoms with Crippen LogP contribution in [-0.4, -0.2) is 39.8 Å². The van der Waals surface area contributed by atoms with Crippen molar-refractivity contribution >= 4 is 35.3 Å². The lowest BCUT2D eigenvalue weighted by molar-refractivity contribution is -0.149. The summed E-state index contributed by atoms with van der Waals surface area (Å²) >= 11 is 11.9. The molecule has 1 aliphatic heterocycles. The van der Waals surface area contributed by atoms with Crippen LogP contribution in [0.2, 0.25) is 10.0 Å². The maximum absolute atomic E-state index is 12.5. The quantitative estimate of drug-likeness (QED) is 0.852. The van der Waals surface area contributed by atoms with Crippen molar-refractivity contribution in [1.82, 2.24) is 4.90 Å². The van der Waals surface area contributed by atoms with Crippen molar-refractivity contribution in [3.05, 3.63) is 33.8 Å². The second-order valence-corrected chi connectivity index (χ2v) is 7.81. The number of likely N-dealkylation sites (tertiary alicyclic amines) is 1. The van der Waals surface area contributed by atoms with E-state index in [0.717, 1.165) is 0 Å². The molecule has 1 saturated heterocycles. The molecule has 1 atom stereocenters. The number of carbonyl (C=O) groups excluding carboxylic acids is 1. The lowest BCUT2D eigenvalue weighted by Gasteiger charge is -2.36. The highest BCUT2D eigenvalue weighted by Gasteiger charge is 2.51. The molecule has 1 heterocycles. The molecule has 0 saturated carbocycles. The molecule has 1 aliphatic rings. The van der Waals surface area contributed by atoms with Crippen LogP contribution in [0, 0.1) is 0 Å². The van der Waals surface area contributed by atoms with E-state index >= 15 is 0 Å². The SMILES string of the molecule is CC(C)(C)OC(=O)N1CCC[C@]1(Cc1ccc(Cl)c(Cl)c1)C(=O)O. The molecule has 24 heavy (non-hydrogen) atoms. The van der Waals surface area contributed by atoms with Gasteiger partial charge in [-0.25, -0.2) is 9.59 Å². The highest BCUT2D eigenvalue weighted by molar-refractivity contribution is 6.42. The predicted molar refractivity (Wildman–Crippen MR) is 92.7 cm³/mol. The Morgan fingerprint density at radius 2 is 1.96 bits per heavy atom. The first kappa shape index (κ1) is 18.9. The van der Waals surface area contributed by atoms with Gasteiger partial charge in [-0.15, -0.1) is 0 Å². The Morgan fingerprint density at radius 3 is 2.50 bits per heavy atom. The van der Waals surface area contributed by atoms with Crippen LogP contribution in [0.15, 0.2) is 18.2 Å². The van der Waals surface area contributed by atoms with Gasteiger partial charge in [-0.2, -0.15) is 0 Å². The molecular weight excluding hydrogens is 353 g/mol. The summed E-state index contributed by atoms with van der Waals surface area (Å²) in [5.74, 6) is -1.04. The number of ether oxygens (including phenoxy) is 1. The highest BCUT2D eigenvalue weighted by atomic mass is 35.5. The number of carboxylic acid groups (broad SMARTS) is 1. The molecule has 7 heteroatoms. The topological polar surface area (TPSA) is 66.8 Å². The summed E-state index contributed by atoms with van der Waals surface area (Å²) < 4.78 is 5.38. The van der Waals surface area contributed by atoms with Gasteiger partial charge < -0.3 is 9.84 Å². The zero-order chi connectivity index (χ0) is 18.1. The van der Waals surface area contributed by atoms with Crippen molar-refractivity contribution in [3.8, 4) is 0 Å². The zero-order valence-electron chi connectivity index (χ0n) is 13.9. The standard InChI is InChI=1S/C17H21Cl2NO4/c1-16(2,3)24-15(23)20-8-4-7-17(20,14(21)22)10-11-5-6-12(18)13(19)9-11/h5-6,9H,4,7-8,10H2,1-3H3,(H,21,22)/t17-/m0/s1. The summed E-state index contributed by atoms with van der Waals surface area (Å²) in [6.07, 6.45) is 0.509. The van der Waals surface area contributed by atoms with Crippen molar-refractivity contribution in [3.63, 3.8) is 0 Å². The number of benzene rings is 1. The van der Waals surface area contributed by atoms with Gasteiger partial charge in [0, 0.05) is 13.0 Å². The minimum atomic E-state index is -1.33. The van der Waals surface area contributed by atoms with Crippen LogP contribution in [-0.2, 0) is 16.0 Å². The third-order valence-electron chi connectivity index (χ3n) is 3.98. The molecule has 0 unspecified atom stereocenters. The van der Waals surface area contributed by atoms with Gasteiger partial charge in [-0.3, -0.25) is 4.90 Å². The number of amides is 1. The van der Waals surface area contributed by atoms with E-state index in [1.807, 2.05) is 0 Å². The van der Waals surface area contributed by atoms with Crippen LogP contribution in [0.1, 0.15) is 39.2 Å². The molecule has 5 nitrogen and oxygen atoms in total. The van der Waals surface area contributed by atoms with Crippen LogP contribution >= 0.6 is 23.2 Å². The van der Waals surface area contributed by atoms with Gasteiger partial charge in [0.05, 0.1) is 10.0 Å². The van der Waals surface area contributed by atoms with Crippen LogP contribution in [0.3, 0.4) is 0 Å². The molecule has 0 radical (unpaired) electrons. The number of rotatable bonds is 3. The maximum atomic E-state index is 12.5. The van der Waals surface area contributed by atoms with Gasteiger partial charge >= 0.3 is 12.1 Å². The van der Waals surface area contributed by atoms with Gasteiger partial charge in [0.1, 0.15) is 11.1 Å². The van der Waals surface area contributed by atoms with E-state index < -0.39 is 23.2 Å². The highest BCUT2D eigenvalue weighted by Crippen LogP contribution is 2.35. The fourth-order valence-electron chi connectivity index (χ4n) is 2.93. The fraction of sp³-hybridized carbons (Fsp3) is 0.529. The lowest BCUT2D eigenvalue weighted by atomic mass is 9.88. The van der Waals surface area contributed by atoms with E-state index in [2.05, 4.69) is 0 Å². The number of nitrogens with zero attached hydrogens (tertiary/aromatic N) is 1. The molecule has 0 aromatic heterocycles. The molecular formula is C17H21Cl2NO4. The fourth-order valence-corrected chi connectivity index (χ4v) is 3.25. The molecule has 1 aromatic rings. The first-order chi connectivity index (χ1) is 11.0. The molecule has 1 fully saturated rings. The molecule has 1 N–H and O–H groups in total. The second-order valence-electron chi connectivity index (χ2n) is 7.00. The summed E-state index contributed by atoms with van der Waals surface area (Å²) in [5.41, 5.74) is -1.31. The maximum Gasteiger partial charge on any atom is 0.411 e. The van der Waals surface area contributed by atoms with E-state index in [4.69, 9.17) is 27.9 Å². The number of hydrogen-bond acceptors (Lipinski definition) is 3. The van der Waals surface area contributed by atoms with Crippen LogP contribution < -0.4 is 0 Å². The number of hydrogen-bond donors (Lipinski definition) is 1. The van der Waals surface area contributed by atoms with Crippen LogP contribution in [0.25, 0.3) is 0 Å². The number of aliphatic carboxylic acids is 1. The van der Waals surface area contributed by atoms with Gasteiger partial charge in [0.15, 0.2) is 0 Å². The summed E-state index contributed by atoms with van der Waals surface area (Å²) in [6, 6.07) is 4.99. The number of carbonyl (C=O) groups is 2. The molecule has 1 amide bonds. The Kier molecular flexibility index (Phi) is 5.35. The largest absolute Gasteiger partial charge is 0.479 e. The number of carboxylic acids is 1. The van der Waals surface area contributed by atoms with Crippen molar-refractivity contribution in [1.29, 1.82) is 0 Å². The zero-order valence-corrected chi connectivity index (χ0v) is 15.4. The third kappa shape index (κ3) is 3.95. The molecule has 1 aromatic carbocycles. The van der Waals surface area contributed by atoms with Crippen molar-refractivity contribution in [2.45, 2.75) is 51.2 Å². The summed E-state index contributed by atoms with van der Waals surface area (Å²) in [6.45, 7) is 5.61. The van der Waals surface area contributed by atoms with Gasteiger partial charge in [0.25, 0.3) is 0 Å². The minimum absolute atomic E-state index is 0.151. The minimum Gasteiger partial charge on any atom is -0.479 e. The first-order valence-corrected chi connectivity index (χ1v) is 8.49. The van der Waals surface area contributed by atoms with E-state index in [-0.39, 0.29) is 6.42 Å².